The molecule has 1 aliphatic heterocycles. The highest BCUT2D eigenvalue weighted by atomic mass is 19.1. The SMILES string of the molecule is Cc1ccc(F)cc1NC(=O)COC1CCNCC1. The number of amides is 1. The summed E-state index contributed by atoms with van der Waals surface area (Å²) in [5.41, 5.74) is 1.33. The fourth-order valence-electron chi connectivity index (χ4n) is 2.07. The maximum Gasteiger partial charge on any atom is 0.250 e. The van der Waals surface area contributed by atoms with Crippen molar-refractivity contribution in [2.75, 3.05) is 25.0 Å². The van der Waals surface area contributed by atoms with E-state index < -0.39 is 0 Å². The van der Waals surface area contributed by atoms with Crippen molar-refractivity contribution in [3.8, 4) is 0 Å². The Balaban J connectivity index is 1.81. The quantitative estimate of drug-likeness (QED) is 0.874. The van der Waals surface area contributed by atoms with Gasteiger partial charge in [0.05, 0.1) is 6.10 Å². The largest absolute Gasteiger partial charge is 0.368 e. The summed E-state index contributed by atoms with van der Waals surface area (Å²) in [4.78, 5) is 11.7. The Hall–Kier alpha value is -1.46. The maximum absolute atomic E-state index is 13.1. The van der Waals surface area contributed by atoms with Gasteiger partial charge in [0, 0.05) is 5.69 Å². The van der Waals surface area contributed by atoms with E-state index in [0.29, 0.717) is 5.69 Å². The van der Waals surface area contributed by atoms with Gasteiger partial charge in [0.1, 0.15) is 12.4 Å². The molecule has 19 heavy (non-hydrogen) atoms. The van der Waals surface area contributed by atoms with E-state index in [1.54, 1.807) is 6.07 Å². The predicted molar refractivity (Wildman–Crippen MR) is 71.6 cm³/mol. The number of aryl methyl sites for hydroxylation is 1. The molecule has 1 fully saturated rings. The van der Waals surface area contributed by atoms with E-state index in [2.05, 4.69) is 10.6 Å². The van der Waals surface area contributed by atoms with E-state index in [9.17, 15) is 9.18 Å². The molecule has 1 aliphatic rings. The van der Waals surface area contributed by atoms with Crippen LogP contribution in [0.15, 0.2) is 18.2 Å². The van der Waals surface area contributed by atoms with Crippen LogP contribution in [0.1, 0.15) is 18.4 Å². The number of anilines is 1. The molecule has 1 aromatic rings. The van der Waals surface area contributed by atoms with Crippen molar-refractivity contribution >= 4 is 11.6 Å². The van der Waals surface area contributed by atoms with Crippen molar-refractivity contribution in [1.29, 1.82) is 0 Å². The fourth-order valence-corrected chi connectivity index (χ4v) is 2.07. The molecule has 0 saturated carbocycles. The number of hydrogen-bond donors (Lipinski definition) is 2. The van der Waals surface area contributed by atoms with Crippen molar-refractivity contribution < 1.29 is 13.9 Å². The van der Waals surface area contributed by atoms with Crippen molar-refractivity contribution in [3.05, 3.63) is 29.6 Å². The lowest BCUT2D eigenvalue weighted by molar-refractivity contribution is -0.123. The summed E-state index contributed by atoms with van der Waals surface area (Å²) >= 11 is 0. The third-order valence-electron chi connectivity index (χ3n) is 3.21. The van der Waals surface area contributed by atoms with Crippen LogP contribution in [0.5, 0.6) is 0 Å². The highest BCUT2D eigenvalue weighted by Crippen LogP contribution is 2.16. The van der Waals surface area contributed by atoms with Crippen LogP contribution in [0.3, 0.4) is 0 Å². The molecule has 0 spiro atoms. The number of hydrogen-bond acceptors (Lipinski definition) is 3. The minimum Gasteiger partial charge on any atom is -0.368 e. The topological polar surface area (TPSA) is 50.4 Å². The second kappa shape index (κ2) is 6.63. The van der Waals surface area contributed by atoms with Crippen LogP contribution in [-0.4, -0.2) is 31.7 Å². The summed E-state index contributed by atoms with van der Waals surface area (Å²) in [5.74, 6) is -0.604. The molecular formula is C14H19FN2O2. The van der Waals surface area contributed by atoms with Gasteiger partial charge in [-0.2, -0.15) is 0 Å². The molecule has 0 unspecified atom stereocenters. The molecule has 1 heterocycles. The number of carbonyl (C=O) groups excluding carboxylic acids is 1. The number of halogens is 1. The zero-order valence-corrected chi connectivity index (χ0v) is 11.0. The van der Waals surface area contributed by atoms with Gasteiger partial charge < -0.3 is 15.4 Å². The second-order valence-corrected chi connectivity index (χ2v) is 4.77. The van der Waals surface area contributed by atoms with Gasteiger partial charge in [-0.05, 0) is 50.6 Å². The summed E-state index contributed by atoms with van der Waals surface area (Å²) < 4.78 is 18.6. The standard InChI is InChI=1S/C14H19FN2O2/c1-10-2-3-11(15)8-13(10)17-14(18)9-19-12-4-6-16-7-5-12/h2-3,8,12,16H,4-7,9H2,1H3,(H,17,18). The molecular weight excluding hydrogens is 247 g/mol. The number of piperidine rings is 1. The Kier molecular flexibility index (Phi) is 4.87. The van der Waals surface area contributed by atoms with E-state index >= 15 is 0 Å². The van der Waals surface area contributed by atoms with Gasteiger partial charge in [-0.25, -0.2) is 4.39 Å². The molecule has 2 rings (SSSR count). The molecule has 0 bridgehead atoms. The molecule has 1 aromatic carbocycles. The summed E-state index contributed by atoms with van der Waals surface area (Å²) in [5, 5.41) is 5.90. The van der Waals surface area contributed by atoms with E-state index in [-0.39, 0.29) is 24.4 Å². The number of benzene rings is 1. The summed E-state index contributed by atoms with van der Waals surface area (Å²) in [6.07, 6.45) is 1.99. The Labute approximate surface area is 112 Å². The van der Waals surface area contributed by atoms with Gasteiger partial charge in [0.2, 0.25) is 5.91 Å². The lowest BCUT2D eigenvalue weighted by Gasteiger charge is -2.22. The molecule has 0 aliphatic carbocycles. The lowest BCUT2D eigenvalue weighted by atomic mass is 10.1. The first kappa shape index (κ1) is 14.0. The van der Waals surface area contributed by atoms with E-state index in [1.807, 2.05) is 6.92 Å². The zero-order valence-electron chi connectivity index (χ0n) is 11.0. The van der Waals surface area contributed by atoms with Gasteiger partial charge in [-0.1, -0.05) is 6.07 Å². The van der Waals surface area contributed by atoms with Gasteiger partial charge in [0.25, 0.3) is 0 Å². The van der Waals surface area contributed by atoms with Crippen LogP contribution in [0.2, 0.25) is 0 Å². The maximum atomic E-state index is 13.1. The summed E-state index contributed by atoms with van der Waals surface area (Å²) in [7, 11) is 0. The van der Waals surface area contributed by atoms with Crippen molar-refractivity contribution in [3.63, 3.8) is 0 Å². The third kappa shape index (κ3) is 4.29. The van der Waals surface area contributed by atoms with Crippen LogP contribution in [0, 0.1) is 12.7 Å². The Morgan fingerprint density at radius 3 is 2.95 bits per heavy atom. The number of nitrogens with one attached hydrogen (secondary N) is 2. The molecule has 0 radical (unpaired) electrons. The molecule has 104 valence electrons. The lowest BCUT2D eigenvalue weighted by Crippen LogP contribution is -2.34. The van der Waals surface area contributed by atoms with Crippen molar-refractivity contribution in [2.24, 2.45) is 0 Å². The minimum atomic E-state index is -0.361. The first-order chi connectivity index (χ1) is 9.15. The first-order valence-electron chi connectivity index (χ1n) is 6.53. The Morgan fingerprint density at radius 2 is 2.21 bits per heavy atom. The van der Waals surface area contributed by atoms with Gasteiger partial charge in [-0.3, -0.25) is 4.79 Å². The highest BCUT2D eigenvalue weighted by Gasteiger charge is 2.15. The average Bonchev–Trinajstić information content (AvgIpc) is 2.42. The second-order valence-electron chi connectivity index (χ2n) is 4.77. The van der Waals surface area contributed by atoms with E-state index in [1.165, 1.54) is 12.1 Å². The predicted octanol–water partition coefficient (Wildman–Crippen LogP) is 1.84. The monoisotopic (exact) mass is 266 g/mol. The van der Waals surface area contributed by atoms with Crippen LogP contribution >= 0.6 is 0 Å². The van der Waals surface area contributed by atoms with Crippen molar-refractivity contribution in [2.45, 2.75) is 25.9 Å². The molecule has 4 nitrogen and oxygen atoms in total. The van der Waals surface area contributed by atoms with Gasteiger partial charge in [0.15, 0.2) is 0 Å². The van der Waals surface area contributed by atoms with Crippen LogP contribution in [-0.2, 0) is 9.53 Å². The molecule has 1 saturated heterocycles. The summed E-state index contributed by atoms with van der Waals surface area (Å²) in [6.45, 7) is 3.69. The number of carbonyl (C=O) groups is 1. The number of ether oxygens (including phenoxy) is 1. The van der Waals surface area contributed by atoms with Crippen LogP contribution in [0.25, 0.3) is 0 Å². The van der Waals surface area contributed by atoms with Gasteiger partial charge in [-0.15, -0.1) is 0 Å². The Morgan fingerprint density at radius 1 is 1.47 bits per heavy atom. The molecule has 2 N–H and O–H groups in total. The average molecular weight is 266 g/mol. The molecule has 5 heteroatoms. The Bertz CT molecular complexity index is 445. The molecule has 1 amide bonds. The van der Waals surface area contributed by atoms with Crippen molar-refractivity contribution in [1.82, 2.24) is 5.32 Å². The zero-order chi connectivity index (χ0) is 13.7. The van der Waals surface area contributed by atoms with Crippen LogP contribution < -0.4 is 10.6 Å². The molecule has 0 atom stereocenters. The van der Waals surface area contributed by atoms with E-state index in [0.717, 1.165) is 31.5 Å². The first-order valence-corrected chi connectivity index (χ1v) is 6.53. The molecule has 0 aromatic heterocycles. The van der Waals surface area contributed by atoms with Gasteiger partial charge >= 0.3 is 0 Å². The fraction of sp³-hybridized carbons (Fsp3) is 0.500. The highest BCUT2D eigenvalue weighted by molar-refractivity contribution is 5.92. The third-order valence-corrected chi connectivity index (χ3v) is 3.21. The van der Waals surface area contributed by atoms with Crippen LogP contribution in [0.4, 0.5) is 10.1 Å². The normalized spacial score (nSPS) is 16.3. The number of rotatable bonds is 4. The smallest absolute Gasteiger partial charge is 0.250 e. The minimum absolute atomic E-state index is 0.0145. The van der Waals surface area contributed by atoms with E-state index in [4.69, 9.17) is 4.74 Å². The summed E-state index contributed by atoms with van der Waals surface area (Å²) in [6, 6.07) is 4.33.